The fraction of sp³-hybridized carbons (Fsp3) is 0. The van der Waals surface area contributed by atoms with Crippen molar-refractivity contribution in [1.82, 2.24) is 0 Å². The van der Waals surface area contributed by atoms with Crippen molar-refractivity contribution in [3.05, 3.63) is 7.43 Å². The minimum Gasteiger partial charge on any atom is -1.00 e. The summed E-state index contributed by atoms with van der Waals surface area (Å²) in [6, 6.07) is 0. The van der Waals surface area contributed by atoms with Gasteiger partial charge in [0.25, 0.3) is 0 Å². The topological polar surface area (TPSA) is 0 Å². The molecule has 0 aromatic rings. The van der Waals surface area contributed by atoms with Crippen LogP contribution in [-0.4, -0.2) is 0 Å². The van der Waals surface area contributed by atoms with Gasteiger partial charge < -0.3 is 32.2 Å². The fourth-order valence-corrected chi connectivity index (χ4v) is 0. The molecule has 0 aliphatic carbocycles. The van der Waals surface area contributed by atoms with Crippen molar-refractivity contribution in [3.8, 4) is 0 Å². The van der Waals surface area contributed by atoms with E-state index in [1.165, 1.54) is 0 Å². The molecule has 0 aromatic carbocycles. The van der Waals surface area contributed by atoms with E-state index in [2.05, 4.69) is 0 Å². The van der Waals surface area contributed by atoms with Crippen molar-refractivity contribution in [1.29, 1.82) is 0 Å². The van der Waals surface area contributed by atoms with Gasteiger partial charge in [-0.15, -0.1) is 0 Å². The Kier molecular flexibility index (Phi) is 318. The van der Waals surface area contributed by atoms with Crippen molar-refractivity contribution in [3.63, 3.8) is 0 Å². The first kappa shape index (κ1) is 50.8. The van der Waals surface area contributed by atoms with Crippen LogP contribution in [0.1, 0.15) is 0 Å². The Morgan fingerprint density at radius 1 is 0.750 bits per heavy atom. The zero-order valence-corrected chi connectivity index (χ0v) is 6.23. The maximum absolute atomic E-state index is 0. The number of hydrogen-bond donors (Lipinski definition) is 0. The first-order valence-corrected chi connectivity index (χ1v) is 0. The Morgan fingerprint density at radius 3 is 0.750 bits per heavy atom. The van der Waals surface area contributed by atoms with Crippen LogP contribution in [0.4, 0.5) is 0 Å². The van der Waals surface area contributed by atoms with Gasteiger partial charge in [-0.3, -0.25) is 0 Å². The predicted octanol–water partition coefficient (Wildman–Crippen LogP) is -5.54. The molecule has 0 spiro atoms. The summed E-state index contributed by atoms with van der Waals surface area (Å²) in [4.78, 5) is 0. The molecule has 0 nitrogen and oxygen atoms in total. The third-order valence-electron chi connectivity index (χ3n) is 0. The number of rotatable bonds is 0. The molecule has 0 N–H and O–H groups in total. The van der Waals surface area contributed by atoms with Gasteiger partial charge in [0.15, 0.2) is 0 Å². The van der Waals surface area contributed by atoms with Gasteiger partial charge in [0.1, 0.15) is 0 Å². The zero-order chi connectivity index (χ0) is 0. The van der Waals surface area contributed by atoms with Crippen LogP contribution in [0.5, 0.6) is 0 Å². The van der Waals surface area contributed by atoms with Crippen LogP contribution < -0.4 is 24.8 Å². The maximum atomic E-state index is 0. The largest absolute Gasteiger partial charge is 3.00 e. The van der Waals surface area contributed by atoms with Crippen molar-refractivity contribution in [2.45, 2.75) is 0 Å². The van der Waals surface area contributed by atoms with E-state index >= 15 is 0 Å². The SMILES string of the molecule is [CH3-].[Cl-].[Cl-].[Zr+3]. The van der Waals surface area contributed by atoms with Gasteiger partial charge in [-0.25, -0.2) is 0 Å². The molecule has 0 saturated heterocycles. The van der Waals surface area contributed by atoms with Crippen molar-refractivity contribution < 1.29 is 51.0 Å². The van der Waals surface area contributed by atoms with Gasteiger partial charge in [0.05, 0.1) is 0 Å². The van der Waals surface area contributed by atoms with E-state index in [0.717, 1.165) is 0 Å². The quantitative estimate of drug-likeness (QED) is 0.324. The van der Waals surface area contributed by atoms with E-state index in [-0.39, 0.29) is 58.4 Å². The van der Waals surface area contributed by atoms with Crippen LogP contribution >= 0.6 is 0 Å². The molecule has 0 unspecified atom stereocenters. The van der Waals surface area contributed by atoms with Crippen molar-refractivity contribution in [2.75, 3.05) is 0 Å². The first-order valence-electron chi connectivity index (χ1n) is 0. The molecule has 0 heterocycles. The Balaban J connectivity index is 0. The Morgan fingerprint density at radius 2 is 0.750 bits per heavy atom. The molecule has 0 aliphatic rings. The van der Waals surface area contributed by atoms with Crippen molar-refractivity contribution >= 4 is 0 Å². The van der Waals surface area contributed by atoms with E-state index in [9.17, 15) is 0 Å². The molecule has 3 heteroatoms. The first-order chi connectivity index (χ1) is 0. The smallest absolute Gasteiger partial charge is 1.00 e. The molecular weight excluding hydrogens is 174 g/mol. The average molecular weight is 177 g/mol. The summed E-state index contributed by atoms with van der Waals surface area (Å²) >= 11 is 0. The van der Waals surface area contributed by atoms with Crippen LogP contribution in [0.2, 0.25) is 0 Å². The Labute approximate surface area is 58.3 Å². The molecule has 0 saturated carbocycles. The summed E-state index contributed by atoms with van der Waals surface area (Å²) in [7, 11) is 0. The van der Waals surface area contributed by atoms with E-state index in [1.807, 2.05) is 0 Å². The molecule has 0 rings (SSSR count). The third kappa shape index (κ3) is 9.81. The molecule has 25 valence electrons. The van der Waals surface area contributed by atoms with Crippen LogP contribution in [0.15, 0.2) is 0 Å². The normalized spacial score (nSPS) is 0. The predicted molar refractivity (Wildman–Crippen MR) is 6.41 cm³/mol. The minimum atomic E-state index is 0. The molecule has 0 atom stereocenters. The van der Waals surface area contributed by atoms with Crippen LogP contribution in [0.3, 0.4) is 0 Å². The zero-order valence-electron chi connectivity index (χ0n) is 2.26. The van der Waals surface area contributed by atoms with E-state index in [0.29, 0.717) is 0 Å². The fourth-order valence-electron chi connectivity index (χ4n) is 0. The second-order valence-electron chi connectivity index (χ2n) is 0. The monoisotopic (exact) mass is 175 g/mol. The average Bonchev–Trinajstić information content (AvgIpc) is 0. The minimum absolute atomic E-state index is 0. The molecule has 0 aliphatic heterocycles. The summed E-state index contributed by atoms with van der Waals surface area (Å²) in [5.74, 6) is 0. The van der Waals surface area contributed by atoms with E-state index in [1.54, 1.807) is 0 Å². The summed E-state index contributed by atoms with van der Waals surface area (Å²) in [6.07, 6.45) is 0. The number of halogens is 2. The standard InChI is InChI=1S/CH3.2ClH.Zr/h1H3;2*1H;/q-1;;;+3/p-2. The molecular formula is CH3Cl2Zr. The molecule has 0 bridgehead atoms. The van der Waals surface area contributed by atoms with E-state index < -0.39 is 0 Å². The van der Waals surface area contributed by atoms with Gasteiger partial charge in [0.2, 0.25) is 0 Å². The second-order valence-corrected chi connectivity index (χ2v) is 0. The Hall–Kier alpha value is 1.46. The molecule has 1 radical (unpaired) electrons. The summed E-state index contributed by atoms with van der Waals surface area (Å²) < 4.78 is 0. The van der Waals surface area contributed by atoms with Gasteiger partial charge in [-0.1, -0.05) is 0 Å². The molecule has 0 amide bonds. The summed E-state index contributed by atoms with van der Waals surface area (Å²) in [5.41, 5.74) is 0. The maximum Gasteiger partial charge on any atom is 3.00 e. The third-order valence-corrected chi connectivity index (χ3v) is 0. The summed E-state index contributed by atoms with van der Waals surface area (Å²) in [5, 5.41) is 0. The summed E-state index contributed by atoms with van der Waals surface area (Å²) in [6.45, 7) is 0. The molecule has 0 aromatic heterocycles. The van der Waals surface area contributed by atoms with Gasteiger partial charge in [-0.05, 0) is 0 Å². The van der Waals surface area contributed by atoms with Gasteiger partial charge in [-0.2, -0.15) is 0 Å². The van der Waals surface area contributed by atoms with Gasteiger partial charge >= 0.3 is 26.2 Å². The number of hydrogen-bond acceptors (Lipinski definition) is 0. The molecule has 4 heavy (non-hydrogen) atoms. The van der Waals surface area contributed by atoms with Gasteiger partial charge in [0, 0.05) is 0 Å². The Bertz CT molecular complexity index is 6.00. The van der Waals surface area contributed by atoms with Crippen LogP contribution in [-0.2, 0) is 26.2 Å². The second kappa shape index (κ2) is 25.0. The molecule has 0 fully saturated rings. The van der Waals surface area contributed by atoms with Crippen molar-refractivity contribution in [2.24, 2.45) is 0 Å². The van der Waals surface area contributed by atoms with E-state index in [4.69, 9.17) is 0 Å². The van der Waals surface area contributed by atoms with Crippen LogP contribution in [0.25, 0.3) is 0 Å². The van der Waals surface area contributed by atoms with Crippen LogP contribution in [0, 0.1) is 7.43 Å².